The Labute approximate surface area is 150 Å². The average Bonchev–Trinajstić information content (AvgIpc) is 2.83. The van der Waals surface area contributed by atoms with Gasteiger partial charge in [-0.3, -0.25) is 9.59 Å². The van der Waals surface area contributed by atoms with Gasteiger partial charge in [0.25, 0.3) is 0 Å². The second-order valence-corrected chi connectivity index (χ2v) is 9.54. The number of allylic oxidation sites excluding steroid dienone is 2. The fraction of sp³-hybridized carbons (Fsp3) is 0.727. The molecule has 1 N–H and O–H groups in total. The van der Waals surface area contributed by atoms with Crippen LogP contribution in [0.25, 0.3) is 0 Å². The maximum Gasteiger partial charge on any atom is 0.161 e. The Morgan fingerprint density at radius 3 is 2.56 bits per heavy atom. The first-order valence-corrected chi connectivity index (χ1v) is 9.80. The number of Topliss-reactive ketones (excluding diaryl/α,β-unsaturated/α-hetero) is 1. The first-order chi connectivity index (χ1) is 11.6. The maximum absolute atomic E-state index is 12.3. The van der Waals surface area contributed by atoms with E-state index in [2.05, 4.69) is 20.4 Å². The molecule has 0 bridgehead atoms. The monoisotopic (exact) mass is 342 g/mol. The molecule has 0 aromatic carbocycles. The molecule has 0 radical (unpaired) electrons. The van der Waals surface area contributed by atoms with Crippen LogP contribution >= 0.6 is 0 Å². The molecular weight excluding hydrogens is 312 g/mol. The zero-order valence-corrected chi connectivity index (χ0v) is 15.7. The van der Waals surface area contributed by atoms with Crippen LogP contribution < -0.4 is 0 Å². The van der Waals surface area contributed by atoms with Crippen LogP contribution in [0.15, 0.2) is 23.8 Å². The molecule has 3 nitrogen and oxygen atoms in total. The highest BCUT2D eigenvalue weighted by Crippen LogP contribution is 2.68. The Morgan fingerprint density at radius 2 is 1.88 bits per heavy atom. The molecule has 4 aliphatic rings. The van der Waals surface area contributed by atoms with Crippen molar-refractivity contribution in [3.05, 3.63) is 23.8 Å². The zero-order chi connectivity index (χ0) is 18.2. The van der Waals surface area contributed by atoms with Gasteiger partial charge in [0.2, 0.25) is 0 Å². The van der Waals surface area contributed by atoms with Crippen LogP contribution in [0.2, 0.25) is 0 Å². The van der Waals surface area contributed by atoms with E-state index in [0.717, 1.165) is 37.7 Å². The first kappa shape index (κ1) is 17.2. The molecule has 136 valence electrons. The Balaban J connectivity index is 1.75. The summed E-state index contributed by atoms with van der Waals surface area (Å²) in [6, 6.07) is 0. The van der Waals surface area contributed by atoms with Crippen molar-refractivity contribution in [1.29, 1.82) is 0 Å². The van der Waals surface area contributed by atoms with Crippen molar-refractivity contribution in [2.45, 2.75) is 71.3 Å². The number of rotatable bonds is 1. The number of fused-ring (bicyclic) bond motifs is 5. The second kappa shape index (κ2) is 5.16. The van der Waals surface area contributed by atoms with Crippen LogP contribution in [0.1, 0.15) is 65.7 Å². The molecular formula is C22H30O3. The fourth-order valence-corrected chi connectivity index (χ4v) is 7.16. The summed E-state index contributed by atoms with van der Waals surface area (Å²) in [5, 5.41) is 11.2. The molecule has 0 heterocycles. The Bertz CT molecular complexity index is 704. The average molecular weight is 342 g/mol. The SMILES string of the molecule is C=C1C[C@@H]2[C@@H](CC[C@@]3(C)[C@H]2CC[C@@]3(O)C(C)=O)[C@@]2(C)CCC(=O)C=C12. The van der Waals surface area contributed by atoms with Gasteiger partial charge in [-0.15, -0.1) is 0 Å². The van der Waals surface area contributed by atoms with Crippen LogP contribution in [0.4, 0.5) is 0 Å². The summed E-state index contributed by atoms with van der Waals surface area (Å²) < 4.78 is 0. The lowest BCUT2D eigenvalue weighted by molar-refractivity contribution is -0.159. The molecule has 4 rings (SSSR count). The van der Waals surface area contributed by atoms with E-state index >= 15 is 0 Å². The molecule has 3 heteroatoms. The minimum absolute atomic E-state index is 0.0339. The predicted molar refractivity (Wildman–Crippen MR) is 96.9 cm³/mol. The Hall–Kier alpha value is -1.22. The summed E-state index contributed by atoms with van der Waals surface area (Å²) in [7, 11) is 0. The molecule has 6 atom stereocenters. The van der Waals surface area contributed by atoms with Gasteiger partial charge >= 0.3 is 0 Å². The summed E-state index contributed by atoms with van der Waals surface area (Å²) in [6.07, 6.45) is 7.77. The van der Waals surface area contributed by atoms with Crippen LogP contribution in [0.5, 0.6) is 0 Å². The van der Waals surface area contributed by atoms with Gasteiger partial charge in [0, 0.05) is 11.8 Å². The van der Waals surface area contributed by atoms with Gasteiger partial charge in [-0.2, -0.15) is 0 Å². The Kier molecular flexibility index (Phi) is 3.55. The normalized spacial score (nSPS) is 49.1. The third-order valence-corrected chi connectivity index (χ3v) is 8.66. The topological polar surface area (TPSA) is 54.4 Å². The minimum Gasteiger partial charge on any atom is -0.382 e. The highest BCUT2D eigenvalue weighted by molar-refractivity contribution is 5.92. The van der Waals surface area contributed by atoms with E-state index in [4.69, 9.17) is 0 Å². The smallest absolute Gasteiger partial charge is 0.161 e. The summed E-state index contributed by atoms with van der Waals surface area (Å²) in [4.78, 5) is 24.2. The van der Waals surface area contributed by atoms with Crippen molar-refractivity contribution in [3.63, 3.8) is 0 Å². The van der Waals surface area contributed by atoms with Crippen molar-refractivity contribution in [2.75, 3.05) is 0 Å². The number of hydrogen-bond acceptors (Lipinski definition) is 3. The van der Waals surface area contributed by atoms with Crippen molar-refractivity contribution >= 4 is 11.6 Å². The summed E-state index contributed by atoms with van der Waals surface area (Å²) >= 11 is 0. The molecule has 0 aromatic rings. The van der Waals surface area contributed by atoms with Crippen molar-refractivity contribution in [2.24, 2.45) is 28.6 Å². The lowest BCUT2D eigenvalue weighted by Crippen LogP contribution is -2.57. The van der Waals surface area contributed by atoms with Crippen LogP contribution in [-0.4, -0.2) is 22.3 Å². The van der Waals surface area contributed by atoms with E-state index in [1.165, 1.54) is 5.57 Å². The lowest BCUT2D eigenvalue weighted by atomic mass is 9.45. The maximum atomic E-state index is 12.3. The van der Waals surface area contributed by atoms with Gasteiger partial charge in [-0.1, -0.05) is 26.0 Å². The summed E-state index contributed by atoms with van der Waals surface area (Å²) in [5.41, 5.74) is 0.852. The van der Waals surface area contributed by atoms with Crippen LogP contribution in [0.3, 0.4) is 0 Å². The predicted octanol–water partition coefficient (Wildman–Crippen LogP) is 4.00. The Morgan fingerprint density at radius 1 is 1.20 bits per heavy atom. The third kappa shape index (κ3) is 2.02. The van der Waals surface area contributed by atoms with Crippen LogP contribution in [-0.2, 0) is 9.59 Å². The molecule has 0 spiro atoms. The summed E-state index contributed by atoms with van der Waals surface area (Å²) in [6.45, 7) is 10.3. The highest BCUT2D eigenvalue weighted by Gasteiger charge is 2.65. The molecule has 0 aliphatic heterocycles. The summed E-state index contributed by atoms with van der Waals surface area (Å²) in [5.74, 6) is 1.54. The van der Waals surface area contributed by atoms with E-state index in [0.29, 0.717) is 30.6 Å². The van der Waals surface area contributed by atoms with Gasteiger partial charge in [0.15, 0.2) is 11.6 Å². The molecule has 3 fully saturated rings. The fourth-order valence-electron chi connectivity index (χ4n) is 7.16. The zero-order valence-electron chi connectivity index (χ0n) is 15.7. The van der Waals surface area contributed by atoms with E-state index in [1.54, 1.807) is 6.92 Å². The lowest BCUT2D eigenvalue weighted by Gasteiger charge is -2.59. The molecule has 0 amide bonds. The van der Waals surface area contributed by atoms with Crippen LogP contribution in [0, 0.1) is 28.6 Å². The largest absolute Gasteiger partial charge is 0.382 e. The number of carbonyl (C=O) groups is 2. The van der Waals surface area contributed by atoms with Crippen molar-refractivity contribution < 1.29 is 14.7 Å². The molecule has 0 unspecified atom stereocenters. The molecule has 0 saturated heterocycles. The number of hydrogen-bond donors (Lipinski definition) is 1. The quantitative estimate of drug-likeness (QED) is 0.783. The first-order valence-electron chi connectivity index (χ1n) is 9.80. The van der Waals surface area contributed by atoms with Crippen molar-refractivity contribution in [3.8, 4) is 0 Å². The van der Waals surface area contributed by atoms with E-state index in [1.807, 2.05) is 6.08 Å². The number of carbonyl (C=O) groups excluding carboxylic acids is 2. The van der Waals surface area contributed by atoms with Gasteiger partial charge in [0.1, 0.15) is 5.60 Å². The third-order valence-electron chi connectivity index (χ3n) is 8.66. The van der Waals surface area contributed by atoms with Gasteiger partial charge in [0.05, 0.1) is 0 Å². The van der Waals surface area contributed by atoms with E-state index in [-0.39, 0.29) is 22.4 Å². The van der Waals surface area contributed by atoms with Gasteiger partial charge in [-0.05, 0) is 80.3 Å². The molecule has 0 aromatic heterocycles. The highest BCUT2D eigenvalue weighted by atomic mass is 16.3. The standard InChI is InChI=1S/C22H30O3/c1-13-11-16-17(20(3)8-5-15(24)12-19(13)20)6-9-21(4)18(16)7-10-22(21,25)14(2)23/h12,16-18,25H,1,5-11H2,2-4H3/t16-,17-,18+,20-,21+,22-/m1/s1. The molecule has 3 saturated carbocycles. The second-order valence-electron chi connectivity index (χ2n) is 9.54. The van der Waals surface area contributed by atoms with Gasteiger partial charge < -0.3 is 5.11 Å². The van der Waals surface area contributed by atoms with Crippen molar-refractivity contribution in [1.82, 2.24) is 0 Å². The van der Waals surface area contributed by atoms with E-state index < -0.39 is 5.60 Å². The van der Waals surface area contributed by atoms with Gasteiger partial charge in [-0.25, -0.2) is 0 Å². The molecule has 25 heavy (non-hydrogen) atoms. The number of aliphatic hydroxyl groups is 1. The van der Waals surface area contributed by atoms with E-state index in [9.17, 15) is 14.7 Å². The minimum atomic E-state index is -1.16. The molecule has 4 aliphatic carbocycles. The number of ketones is 2.